The second kappa shape index (κ2) is 7.26. The Hall–Kier alpha value is -3.35. The fourth-order valence-electron chi connectivity index (χ4n) is 2.56. The van der Waals surface area contributed by atoms with Crippen LogP contribution in [0.3, 0.4) is 0 Å². The van der Waals surface area contributed by atoms with E-state index in [-0.39, 0.29) is 11.4 Å². The van der Waals surface area contributed by atoms with Crippen LogP contribution in [-0.2, 0) is 0 Å². The average Bonchev–Trinajstić information content (AvgIpc) is 3.03. The van der Waals surface area contributed by atoms with Crippen molar-refractivity contribution in [3.8, 4) is 17.2 Å². The quantitative estimate of drug-likeness (QED) is 0.760. The van der Waals surface area contributed by atoms with Crippen molar-refractivity contribution in [2.24, 2.45) is 0 Å². The van der Waals surface area contributed by atoms with Crippen LogP contribution in [0.2, 0.25) is 0 Å². The van der Waals surface area contributed by atoms with Gasteiger partial charge in [0.15, 0.2) is 17.2 Å². The van der Waals surface area contributed by atoms with Crippen molar-refractivity contribution in [2.75, 3.05) is 19.5 Å². The van der Waals surface area contributed by atoms with E-state index in [1.54, 1.807) is 49.4 Å². The molecule has 1 aromatic heterocycles. The molecule has 0 bridgehead atoms. The van der Waals surface area contributed by atoms with Crippen LogP contribution in [0, 0.1) is 12.7 Å². The fraction of sp³-hybridized carbons (Fsp3) is 0.158. The first-order chi connectivity index (χ1) is 12.5. The Kier molecular flexibility index (Phi) is 4.88. The van der Waals surface area contributed by atoms with Gasteiger partial charge in [0.2, 0.25) is 0 Å². The molecule has 0 spiro atoms. The number of nitrogens with zero attached hydrogens (tertiary/aromatic N) is 2. The minimum Gasteiger partial charge on any atom is -0.493 e. The molecule has 1 N–H and O–H groups in total. The minimum absolute atomic E-state index is 0.181. The van der Waals surface area contributed by atoms with Crippen LogP contribution >= 0.6 is 0 Å². The van der Waals surface area contributed by atoms with Crippen LogP contribution in [0.25, 0.3) is 5.69 Å². The molecular formula is C19H18FN3O3. The molecule has 7 heteroatoms. The van der Waals surface area contributed by atoms with E-state index in [4.69, 9.17) is 9.47 Å². The molecule has 0 aliphatic carbocycles. The van der Waals surface area contributed by atoms with Gasteiger partial charge >= 0.3 is 0 Å². The number of para-hydroxylation sites is 1. The molecule has 3 aromatic rings. The van der Waals surface area contributed by atoms with E-state index in [0.717, 1.165) is 0 Å². The molecule has 134 valence electrons. The maximum absolute atomic E-state index is 14.0. The molecule has 0 atom stereocenters. The summed E-state index contributed by atoms with van der Waals surface area (Å²) < 4.78 is 25.8. The standard InChI is InChI=1S/C19H18FN3O3/c1-12-10-15(22-23(12)16-7-5-4-6-14(16)20)19(24)21-13-8-9-17(25-2)18(11-13)26-3/h4-11H,1-3H3,(H,21,24). The van der Waals surface area contributed by atoms with E-state index in [1.807, 2.05) is 0 Å². The highest BCUT2D eigenvalue weighted by Gasteiger charge is 2.16. The minimum atomic E-state index is -0.412. The fourth-order valence-corrected chi connectivity index (χ4v) is 2.56. The summed E-state index contributed by atoms with van der Waals surface area (Å²) in [7, 11) is 3.05. The zero-order valence-electron chi connectivity index (χ0n) is 14.6. The van der Waals surface area contributed by atoms with E-state index in [2.05, 4.69) is 10.4 Å². The predicted octanol–water partition coefficient (Wildman–Crippen LogP) is 3.59. The molecular weight excluding hydrogens is 337 g/mol. The molecule has 0 aliphatic heterocycles. The van der Waals surface area contributed by atoms with Crippen molar-refractivity contribution in [1.29, 1.82) is 0 Å². The van der Waals surface area contributed by atoms with Gasteiger partial charge in [0.25, 0.3) is 5.91 Å². The molecule has 3 rings (SSSR count). The molecule has 0 saturated carbocycles. The smallest absolute Gasteiger partial charge is 0.276 e. The first-order valence-electron chi connectivity index (χ1n) is 7.88. The topological polar surface area (TPSA) is 65.4 Å². The van der Waals surface area contributed by atoms with Gasteiger partial charge in [-0.2, -0.15) is 5.10 Å². The predicted molar refractivity (Wildman–Crippen MR) is 95.8 cm³/mol. The lowest BCUT2D eigenvalue weighted by atomic mass is 10.2. The van der Waals surface area contributed by atoms with Crippen LogP contribution in [0.1, 0.15) is 16.2 Å². The van der Waals surface area contributed by atoms with Gasteiger partial charge in [-0.05, 0) is 37.3 Å². The van der Waals surface area contributed by atoms with Gasteiger partial charge in [0.1, 0.15) is 11.5 Å². The van der Waals surface area contributed by atoms with Gasteiger partial charge in [-0.1, -0.05) is 12.1 Å². The average molecular weight is 355 g/mol. The third-order valence-corrected chi connectivity index (χ3v) is 3.84. The van der Waals surface area contributed by atoms with Gasteiger partial charge < -0.3 is 14.8 Å². The molecule has 2 aromatic carbocycles. The summed E-state index contributed by atoms with van der Waals surface area (Å²) in [6, 6.07) is 12.9. The monoisotopic (exact) mass is 355 g/mol. The summed E-state index contributed by atoms with van der Waals surface area (Å²) in [5.74, 6) is 0.240. The third-order valence-electron chi connectivity index (χ3n) is 3.84. The number of carbonyl (C=O) groups excluding carboxylic acids is 1. The second-order valence-electron chi connectivity index (χ2n) is 5.56. The maximum atomic E-state index is 14.0. The normalized spacial score (nSPS) is 10.5. The number of hydrogen-bond acceptors (Lipinski definition) is 4. The summed E-state index contributed by atoms with van der Waals surface area (Å²) in [6.07, 6.45) is 0. The Morgan fingerprint density at radius 1 is 1.08 bits per heavy atom. The zero-order chi connectivity index (χ0) is 18.7. The number of hydrogen-bond donors (Lipinski definition) is 1. The number of benzene rings is 2. The van der Waals surface area contributed by atoms with Crippen molar-refractivity contribution < 1.29 is 18.7 Å². The van der Waals surface area contributed by atoms with Crippen molar-refractivity contribution in [2.45, 2.75) is 6.92 Å². The van der Waals surface area contributed by atoms with Crippen LogP contribution < -0.4 is 14.8 Å². The van der Waals surface area contributed by atoms with Crippen molar-refractivity contribution >= 4 is 11.6 Å². The van der Waals surface area contributed by atoms with E-state index in [9.17, 15) is 9.18 Å². The number of anilines is 1. The highest BCUT2D eigenvalue weighted by Crippen LogP contribution is 2.30. The van der Waals surface area contributed by atoms with E-state index in [1.165, 1.54) is 25.0 Å². The Bertz CT molecular complexity index is 953. The lowest BCUT2D eigenvalue weighted by molar-refractivity contribution is 0.102. The Morgan fingerprint density at radius 3 is 2.50 bits per heavy atom. The summed E-state index contributed by atoms with van der Waals surface area (Å²) in [5, 5.41) is 6.97. The van der Waals surface area contributed by atoms with E-state index < -0.39 is 11.7 Å². The Morgan fingerprint density at radius 2 is 1.81 bits per heavy atom. The highest BCUT2D eigenvalue weighted by atomic mass is 19.1. The molecule has 0 fully saturated rings. The number of nitrogens with one attached hydrogen (secondary N) is 1. The summed E-state index contributed by atoms with van der Waals surface area (Å²) >= 11 is 0. The molecule has 1 heterocycles. The number of halogens is 1. The van der Waals surface area contributed by atoms with Crippen molar-refractivity contribution in [1.82, 2.24) is 9.78 Å². The molecule has 6 nitrogen and oxygen atoms in total. The number of aromatic nitrogens is 2. The number of amides is 1. The van der Waals surface area contributed by atoms with Crippen LogP contribution in [0.15, 0.2) is 48.5 Å². The molecule has 26 heavy (non-hydrogen) atoms. The molecule has 0 saturated heterocycles. The molecule has 1 amide bonds. The Balaban J connectivity index is 1.85. The summed E-state index contributed by atoms with van der Waals surface area (Å²) in [5.41, 5.74) is 1.65. The highest BCUT2D eigenvalue weighted by molar-refractivity contribution is 6.03. The second-order valence-corrected chi connectivity index (χ2v) is 5.56. The lowest BCUT2D eigenvalue weighted by Gasteiger charge is -2.10. The first-order valence-corrected chi connectivity index (χ1v) is 7.88. The van der Waals surface area contributed by atoms with E-state index >= 15 is 0 Å². The molecule has 0 radical (unpaired) electrons. The van der Waals surface area contributed by atoms with Gasteiger partial charge in [-0.15, -0.1) is 0 Å². The van der Waals surface area contributed by atoms with Gasteiger partial charge in [-0.25, -0.2) is 9.07 Å². The lowest BCUT2D eigenvalue weighted by Crippen LogP contribution is -2.13. The van der Waals surface area contributed by atoms with Crippen molar-refractivity contribution in [3.63, 3.8) is 0 Å². The maximum Gasteiger partial charge on any atom is 0.276 e. The Labute approximate surface area is 150 Å². The number of aryl methyl sites for hydroxylation is 1. The third kappa shape index (κ3) is 3.37. The van der Waals surface area contributed by atoms with Crippen LogP contribution in [0.4, 0.5) is 10.1 Å². The summed E-state index contributed by atoms with van der Waals surface area (Å²) in [4.78, 5) is 12.5. The van der Waals surface area contributed by atoms with Gasteiger partial charge in [0.05, 0.1) is 14.2 Å². The molecule has 0 unspecified atom stereocenters. The van der Waals surface area contributed by atoms with E-state index in [0.29, 0.717) is 22.9 Å². The van der Waals surface area contributed by atoms with Gasteiger partial charge in [-0.3, -0.25) is 4.79 Å². The number of ether oxygens (including phenoxy) is 2. The summed E-state index contributed by atoms with van der Waals surface area (Å²) in [6.45, 7) is 1.76. The number of methoxy groups -OCH3 is 2. The largest absolute Gasteiger partial charge is 0.493 e. The van der Waals surface area contributed by atoms with Crippen LogP contribution in [-0.4, -0.2) is 29.9 Å². The zero-order valence-corrected chi connectivity index (χ0v) is 14.6. The number of rotatable bonds is 5. The van der Waals surface area contributed by atoms with Crippen LogP contribution in [0.5, 0.6) is 11.5 Å². The SMILES string of the molecule is COc1ccc(NC(=O)c2cc(C)n(-c3ccccc3F)n2)cc1OC. The molecule has 0 aliphatic rings. The number of carbonyl (C=O) groups is 1. The first kappa shape index (κ1) is 17.5. The van der Waals surface area contributed by atoms with Crippen molar-refractivity contribution in [3.05, 3.63) is 65.7 Å². The van der Waals surface area contributed by atoms with Gasteiger partial charge in [0, 0.05) is 17.4 Å².